The van der Waals surface area contributed by atoms with Gasteiger partial charge in [-0.05, 0) is 79.6 Å². The minimum absolute atomic E-state index is 0.160. The van der Waals surface area contributed by atoms with Crippen LogP contribution in [0.15, 0.2) is 42.5 Å². The van der Waals surface area contributed by atoms with Crippen LogP contribution >= 0.6 is 0 Å². The third kappa shape index (κ3) is 4.04. The summed E-state index contributed by atoms with van der Waals surface area (Å²) < 4.78 is 5.12. The van der Waals surface area contributed by atoms with E-state index in [2.05, 4.69) is 17.2 Å². The lowest BCUT2D eigenvalue weighted by Gasteiger charge is -2.18. The molecule has 2 N–H and O–H groups in total. The molecule has 1 atom stereocenters. The number of H-pyrrole nitrogens is 1. The molecule has 0 aliphatic heterocycles. The third-order valence-electron chi connectivity index (χ3n) is 5.51. The zero-order valence-corrected chi connectivity index (χ0v) is 16.9. The monoisotopic (exact) mass is 390 g/mol. The van der Waals surface area contributed by atoms with Gasteiger partial charge in [-0.25, -0.2) is 4.79 Å². The second-order valence-electron chi connectivity index (χ2n) is 7.86. The van der Waals surface area contributed by atoms with Gasteiger partial charge in [-0.15, -0.1) is 0 Å². The molecule has 0 saturated carbocycles. The highest BCUT2D eigenvalue weighted by molar-refractivity contribution is 6.06. The molecule has 0 bridgehead atoms. The maximum atomic E-state index is 12.8. The molecule has 150 valence electrons. The number of carbonyl (C=O) groups excluding carboxylic acids is 2. The van der Waals surface area contributed by atoms with Crippen molar-refractivity contribution in [2.24, 2.45) is 5.92 Å². The molecule has 0 saturated heterocycles. The Bertz CT molecular complexity index is 1050. The van der Waals surface area contributed by atoms with Crippen molar-refractivity contribution in [3.05, 3.63) is 64.8 Å². The number of rotatable bonds is 5. The molecule has 1 amide bonds. The van der Waals surface area contributed by atoms with E-state index in [-0.39, 0.29) is 11.9 Å². The summed E-state index contributed by atoms with van der Waals surface area (Å²) in [5.74, 6) is 0.162. The van der Waals surface area contributed by atoms with E-state index in [9.17, 15) is 9.59 Å². The Balaban J connectivity index is 1.50. The van der Waals surface area contributed by atoms with Gasteiger partial charge in [0.2, 0.25) is 0 Å². The van der Waals surface area contributed by atoms with Gasteiger partial charge in [0.15, 0.2) is 0 Å². The Kier molecular flexibility index (Phi) is 5.38. The summed E-state index contributed by atoms with van der Waals surface area (Å²) in [6.45, 7) is 4.63. The van der Waals surface area contributed by atoms with E-state index in [1.807, 2.05) is 25.1 Å². The van der Waals surface area contributed by atoms with Crippen LogP contribution in [-0.2, 0) is 17.6 Å². The molecule has 0 spiro atoms. The molecule has 1 aliphatic rings. The van der Waals surface area contributed by atoms with Crippen molar-refractivity contribution in [2.75, 3.05) is 11.9 Å². The molecule has 29 heavy (non-hydrogen) atoms. The first-order valence-electron chi connectivity index (χ1n) is 10.3. The number of nitrogens with one attached hydrogen (secondary N) is 2. The van der Waals surface area contributed by atoms with Gasteiger partial charge in [0, 0.05) is 27.8 Å². The molecule has 5 nitrogen and oxygen atoms in total. The van der Waals surface area contributed by atoms with Crippen molar-refractivity contribution >= 4 is 28.5 Å². The summed E-state index contributed by atoms with van der Waals surface area (Å²) in [6, 6.07) is 12.6. The number of benzene rings is 2. The van der Waals surface area contributed by atoms with Crippen LogP contribution in [0.4, 0.5) is 5.69 Å². The number of aryl methyl sites for hydroxylation is 1. The fourth-order valence-corrected chi connectivity index (χ4v) is 3.90. The van der Waals surface area contributed by atoms with Gasteiger partial charge in [-0.3, -0.25) is 4.79 Å². The number of hydrogen-bond donors (Lipinski definition) is 2. The number of anilines is 1. The number of fused-ring (bicyclic) bond motifs is 3. The molecule has 1 aromatic heterocycles. The van der Waals surface area contributed by atoms with Crippen molar-refractivity contribution in [1.29, 1.82) is 0 Å². The number of hydrogen-bond acceptors (Lipinski definition) is 3. The highest BCUT2D eigenvalue weighted by Gasteiger charge is 2.20. The topological polar surface area (TPSA) is 71.2 Å². The maximum Gasteiger partial charge on any atom is 0.338 e. The summed E-state index contributed by atoms with van der Waals surface area (Å²) >= 11 is 0. The van der Waals surface area contributed by atoms with Crippen molar-refractivity contribution in [3.63, 3.8) is 0 Å². The van der Waals surface area contributed by atoms with E-state index < -0.39 is 0 Å². The van der Waals surface area contributed by atoms with Crippen LogP contribution in [-0.4, -0.2) is 23.5 Å². The lowest BCUT2D eigenvalue weighted by atomic mass is 9.87. The highest BCUT2D eigenvalue weighted by atomic mass is 16.5. The summed E-state index contributed by atoms with van der Waals surface area (Å²) in [4.78, 5) is 28.2. The van der Waals surface area contributed by atoms with E-state index in [0.29, 0.717) is 29.3 Å². The van der Waals surface area contributed by atoms with E-state index in [1.54, 1.807) is 24.3 Å². The number of esters is 1. The Morgan fingerprint density at radius 3 is 2.66 bits per heavy atom. The van der Waals surface area contributed by atoms with Crippen LogP contribution in [0, 0.1) is 5.92 Å². The molecular formula is C24H26N2O3. The second-order valence-corrected chi connectivity index (χ2v) is 7.86. The van der Waals surface area contributed by atoms with E-state index in [0.717, 1.165) is 30.2 Å². The number of ether oxygens (including phenoxy) is 1. The van der Waals surface area contributed by atoms with Crippen molar-refractivity contribution in [3.8, 4) is 0 Å². The van der Waals surface area contributed by atoms with Gasteiger partial charge in [-0.2, -0.15) is 0 Å². The third-order valence-corrected chi connectivity index (χ3v) is 5.51. The van der Waals surface area contributed by atoms with Crippen molar-refractivity contribution in [2.45, 2.75) is 39.5 Å². The summed E-state index contributed by atoms with van der Waals surface area (Å²) in [5.41, 5.74) is 5.50. The Labute approximate surface area is 170 Å². The first kappa shape index (κ1) is 19.2. The maximum absolute atomic E-state index is 12.8. The minimum Gasteiger partial charge on any atom is -0.462 e. The number of amides is 1. The average molecular weight is 390 g/mol. The number of carbonyl (C=O) groups is 2. The molecule has 5 heteroatoms. The van der Waals surface area contributed by atoms with Gasteiger partial charge >= 0.3 is 5.97 Å². The average Bonchev–Trinajstić information content (AvgIpc) is 3.09. The summed E-state index contributed by atoms with van der Waals surface area (Å²) in [7, 11) is 0. The van der Waals surface area contributed by atoms with Crippen LogP contribution < -0.4 is 5.32 Å². The smallest absolute Gasteiger partial charge is 0.338 e. The van der Waals surface area contributed by atoms with Gasteiger partial charge in [-0.1, -0.05) is 13.8 Å². The second kappa shape index (κ2) is 8.11. The molecule has 3 aromatic rings. The predicted octanol–water partition coefficient (Wildman–Crippen LogP) is 5.11. The number of aromatic amines is 1. The quantitative estimate of drug-likeness (QED) is 0.595. The van der Waals surface area contributed by atoms with Crippen LogP contribution in [0.1, 0.15) is 58.7 Å². The Hall–Kier alpha value is -3.08. The lowest BCUT2D eigenvalue weighted by Crippen LogP contribution is -2.12. The zero-order valence-electron chi connectivity index (χ0n) is 16.9. The van der Waals surface area contributed by atoms with E-state index >= 15 is 0 Å². The zero-order chi connectivity index (χ0) is 20.4. The summed E-state index contributed by atoms with van der Waals surface area (Å²) in [5, 5.41) is 4.06. The molecule has 0 radical (unpaired) electrons. The first-order valence-corrected chi connectivity index (χ1v) is 10.3. The SMILES string of the molecule is CCCOC(=O)c1ccc(NC(=O)c2ccc3[nH]c4c(c3c2)C[C@H](C)CC4)cc1. The molecule has 2 aromatic carbocycles. The fraction of sp³-hybridized carbons (Fsp3) is 0.333. The lowest BCUT2D eigenvalue weighted by molar-refractivity contribution is 0.0505. The van der Waals surface area contributed by atoms with Gasteiger partial charge in [0.1, 0.15) is 0 Å². The Morgan fingerprint density at radius 2 is 1.90 bits per heavy atom. The molecule has 0 unspecified atom stereocenters. The van der Waals surface area contributed by atoms with Gasteiger partial charge < -0.3 is 15.0 Å². The molecular weight excluding hydrogens is 364 g/mol. The van der Waals surface area contributed by atoms with Crippen LogP contribution in [0.5, 0.6) is 0 Å². The van der Waals surface area contributed by atoms with E-state index in [1.165, 1.54) is 17.7 Å². The van der Waals surface area contributed by atoms with Crippen molar-refractivity contribution in [1.82, 2.24) is 4.98 Å². The molecule has 1 heterocycles. The number of aromatic nitrogens is 1. The van der Waals surface area contributed by atoms with Gasteiger partial charge in [0.25, 0.3) is 5.91 Å². The largest absolute Gasteiger partial charge is 0.462 e. The highest BCUT2D eigenvalue weighted by Crippen LogP contribution is 2.32. The normalized spacial score (nSPS) is 15.7. The minimum atomic E-state index is -0.346. The van der Waals surface area contributed by atoms with Crippen LogP contribution in [0.3, 0.4) is 0 Å². The Morgan fingerprint density at radius 1 is 1.14 bits per heavy atom. The fourth-order valence-electron chi connectivity index (χ4n) is 3.90. The predicted molar refractivity (Wildman–Crippen MR) is 114 cm³/mol. The van der Waals surface area contributed by atoms with Crippen LogP contribution in [0.2, 0.25) is 0 Å². The van der Waals surface area contributed by atoms with Gasteiger partial charge in [0.05, 0.1) is 12.2 Å². The summed E-state index contributed by atoms with van der Waals surface area (Å²) in [6.07, 6.45) is 4.11. The molecule has 0 fully saturated rings. The van der Waals surface area contributed by atoms with Crippen molar-refractivity contribution < 1.29 is 14.3 Å². The standard InChI is InChI=1S/C24H26N2O3/c1-3-12-29-24(28)16-5-8-18(9-6-16)25-23(27)17-7-11-22-20(14-17)19-13-15(2)4-10-21(19)26-22/h5-9,11,14-15,26H,3-4,10,12-13H2,1-2H3,(H,25,27)/t15-/m1/s1. The molecule has 4 rings (SSSR count). The van der Waals surface area contributed by atoms with Crippen LogP contribution in [0.25, 0.3) is 10.9 Å². The van der Waals surface area contributed by atoms with E-state index in [4.69, 9.17) is 4.74 Å². The first-order chi connectivity index (χ1) is 14.0. The molecule has 1 aliphatic carbocycles.